The molecule has 3 N–H and O–H groups in total. The predicted molar refractivity (Wildman–Crippen MR) is 98.8 cm³/mol. The van der Waals surface area contributed by atoms with Crippen molar-refractivity contribution in [3.63, 3.8) is 0 Å². The van der Waals surface area contributed by atoms with Gasteiger partial charge in [-0.05, 0) is 6.07 Å². The van der Waals surface area contributed by atoms with E-state index in [0.717, 1.165) is 4.57 Å². The molecule has 0 unspecified atom stereocenters. The van der Waals surface area contributed by atoms with Crippen LogP contribution in [0.2, 0.25) is 0 Å². The first-order valence-corrected chi connectivity index (χ1v) is 8.04. The van der Waals surface area contributed by atoms with Crippen molar-refractivity contribution in [2.75, 3.05) is 19.5 Å². The first-order chi connectivity index (χ1) is 12.9. The first kappa shape index (κ1) is 18.1. The Balaban J connectivity index is 2.47. The number of nitriles is 1. The van der Waals surface area contributed by atoms with Gasteiger partial charge in [-0.3, -0.25) is 13.9 Å². The lowest BCUT2D eigenvalue weighted by Crippen LogP contribution is -2.43. The number of nitrogens with zero attached hydrogens (tertiary/aromatic N) is 3. The first-order valence-electron chi connectivity index (χ1n) is 8.04. The molecule has 27 heavy (non-hydrogen) atoms. The summed E-state index contributed by atoms with van der Waals surface area (Å²) in [5, 5.41) is 12.5. The third-order valence-electron chi connectivity index (χ3n) is 4.68. The molecule has 1 aliphatic heterocycles. The van der Waals surface area contributed by atoms with E-state index in [1.807, 2.05) is 0 Å². The van der Waals surface area contributed by atoms with Gasteiger partial charge in [0.2, 0.25) is 0 Å². The predicted octanol–water partition coefficient (Wildman–Crippen LogP) is 0.352. The van der Waals surface area contributed by atoms with Crippen LogP contribution in [0.4, 0.5) is 5.82 Å². The van der Waals surface area contributed by atoms with Gasteiger partial charge >= 0.3 is 5.69 Å². The van der Waals surface area contributed by atoms with Gasteiger partial charge in [0.1, 0.15) is 11.6 Å². The molecule has 0 bridgehead atoms. The fourth-order valence-electron chi connectivity index (χ4n) is 3.35. The summed E-state index contributed by atoms with van der Waals surface area (Å²) in [4.78, 5) is 25.3. The van der Waals surface area contributed by atoms with Crippen LogP contribution < -0.4 is 31.8 Å². The van der Waals surface area contributed by atoms with Crippen molar-refractivity contribution < 1.29 is 9.47 Å². The monoisotopic (exact) mass is 369 g/mol. The maximum absolute atomic E-state index is 13.0. The van der Waals surface area contributed by atoms with E-state index in [-0.39, 0.29) is 22.8 Å². The SMILES string of the molecule is COc1cccc([C@@H]2C(C#N)=C(N)Nc3c2c(=O)n(C)c(=O)n3C)c1OC. The standard InChI is InChI=1S/C18H19N5O4/c1-22-16-13(17(24)23(2)18(22)25)12(10(8-19)15(20)21-16)9-6-5-7-11(26-3)14(9)27-4/h5-7,12,21H,20H2,1-4H3/t12-/m1/s1. The van der Waals surface area contributed by atoms with E-state index in [4.69, 9.17) is 15.2 Å². The highest BCUT2D eigenvalue weighted by atomic mass is 16.5. The van der Waals surface area contributed by atoms with Gasteiger partial charge in [0, 0.05) is 19.7 Å². The van der Waals surface area contributed by atoms with Gasteiger partial charge in [-0.25, -0.2) is 4.79 Å². The van der Waals surface area contributed by atoms with Gasteiger partial charge in [-0.1, -0.05) is 12.1 Å². The number of hydrogen-bond donors (Lipinski definition) is 2. The highest BCUT2D eigenvalue weighted by molar-refractivity contribution is 5.66. The summed E-state index contributed by atoms with van der Waals surface area (Å²) >= 11 is 0. The molecule has 0 saturated heterocycles. The van der Waals surface area contributed by atoms with Crippen LogP contribution in [0.3, 0.4) is 0 Å². The van der Waals surface area contributed by atoms with E-state index in [0.29, 0.717) is 17.1 Å². The van der Waals surface area contributed by atoms with Crippen molar-refractivity contribution in [2.45, 2.75) is 5.92 Å². The fourth-order valence-corrected chi connectivity index (χ4v) is 3.35. The van der Waals surface area contributed by atoms with Crippen molar-refractivity contribution in [1.29, 1.82) is 5.26 Å². The average Bonchev–Trinajstić information content (AvgIpc) is 2.68. The summed E-state index contributed by atoms with van der Waals surface area (Å²) in [6.07, 6.45) is 0. The van der Waals surface area contributed by atoms with Crippen LogP contribution in [0.1, 0.15) is 17.0 Å². The second-order valence-electron chi connectivity index (χ2n) is 6.05. The van der Waals surface area contributed by atoms with Gasteiger partial charge in [0.15, 0.2) is 11.5 Å². The van der Waals surface area contributed by atoms with Gasteiger partial charge in [0.05, 0.1) is 37.3 Å². The van der Waals surface area contributed by atoms with Gasteiger partial charge < -0.3 is 20.5 Å². The number of aromatic nitrogens is 2. The molecule has 0 amide bonds. The Bertz CT molecular complexity index is 1120. The molecule has 0 saturated carbocycles. The second-order valence-corrected chi connectivity index (χ2v) is 6.05. The normalized spacial score (nSPS) is 15.6. The van der Waals surface area contributed by atoms with Crippen LogP contribution in [-0.2, 0) is 14.1 Å². The zero-order chi connectivity index (χ0) is 19.9. The summed E-state index contributed by atoms with van der Waals surface area (Å²) in [6.45, 7) is 0. The molecular formula is C18H19N5O4. The molecule has 2 aromatic rings. The molecule has 2 heterocycles. The zero-order valence-electron chi connectivity index (χ0n) is 15.4. The van der Waals surface area contributed by atoms with Crippen LogP contribution >= 0.6 is 0 Å². The Morgan fingerprint density at radius 2 is 1.89 bits per heavy atom. The van der Waals surface area contributed by atoms with Gasteiger partial charge in [0.25, 0.3) is 5.56 Å². The summed E-state index contributed by atoms with van der Waals surface area (Å²) in [5.41, 5.74) is 5.96. The van der Waals surface area contributed by atoms with Crippen molar-refractivity contribution in [1.82, 2.24) is 9.13 Å². The van der Waals surface area contributed by atoms with E-state index < -0.39 is 17.2 Å². The largest absolute Gasteiger partial charge is 0.493 e. The number of methoxy groups -OCH3 is 2. The molecule has 9 heteroatoms. The third-order valence-corrected chi connectivity index (χ3v) is 4.68. The lowest BCUT2D eigenvalue weighted by molar-refractivity contribution is 0.351. The number of allylic oxidation sites excluding steroid dienone is 1. The molecule has 1 aromatic heterocycles. The smallest absolute Gasteiger partial charge is 0.332 e. The number of fused-ring (bicyclic) bond motifs is 1. The number of benzene rings is 1. The lowest BCUT2D eigenvalue weighted by Gasteiger charge is -2.29. The summed E-state index contributed by atoms with van der Waals surface area (Å²) in [7, 11) is 5.88. The topological polar surface area (TPSA) is 124 Å². The Labute approximate surface area is 154 Å². The molecule has 1 aliphatic rings. The Morgan fingerprint density at radius 3 is 2.48 bits per heavy atom. The highest BCUT2D eigenvalue weighted by Gasteiger charge is 2.36. The zero-order valence-corrected chi connectivity index (χ0v) is 15.4. The number of rotatable bonds is 3. The van der Waals surface area contributed by atoms with E-state index in [1.165, 1.54) is 32.9 Å². The summed E-state index contributed by atoms with van der Waals surface area (Å²) in [6, 6.07) is 7.25. The van der Waals surface area contributed by atoms with E-state index >= 15 is 0 Å². The van der Waals surface area contributed by atoms with Crippen molar-refractivity contribution in [3.05, 3.63) is 61.6 Å². The maximum atomic E-state index is 13.0. The van der Waals surface area contributed by atoms with Crippen LogP contribution in [0.25, 0.3) is 0 Å². The molecule has 0 spiro atoms. The summed E-state index contributed by atoms with van der Waals surface area (Å²) < 4.78 is 13.1. The number of nitrogens with one attached hydrogen (secondary N) is 1. The van der Waals surface area contributed by atoms with E-state index in [1.54, 1.807) is 18.2 Å². The summed E-state index contributed by atoms with van der Waals surface area (Å²) in [5.74, 6) is 0.335. The van der Waals surface area contributed by atoms with E-state index in [2.05, 4.69) is 11.4 Å². The quantitative estimate of drug-likeness (QED) is 0.800. The molecule has 3 rings (SSSR count). The lowest BCUT2D eigenvalue weighted by atomic mass is 9.83. The molecule has 1 atom stereocenters. The molecule has 0 aliphatic carbocycles. The molecule has 9 nitrogen and oxygen atoms in total. The van der Waals surface area contributed by atoms with Crippen molar-refractivity contribution >= 4 is 5.82 Å². The molecule has 0 radical (unpaired) electrons. The molecule has 140 valence electrons. The molecule has 0 fully saturated rings. The molecular weight excluding hydrogens is 350 g/mol. The number of ether oxygens (including phenoxy) is 2. The van der Waals surface area contributed by atoms with Crippen molar-refractivity contribution in [2.24, 2.45) is 19.8 Å². The maximum Gasteiger partial charge on any atom is 0.332 e. The average molecular weight is 369 g/mol. The Kier molecular flexibility index (Phi) is 4.41. The van der Waals surface area contributed by atoms with Crippen molar-refractivity contribution in [3.8, 4) is 17.6 Å². The second kappa shape index (κ2) is 6.57. The highest BCUT2D eigenvalue weighted by Crippen LogP contribution is 2.44. The van der Waals surface area contributed by atoms with Crippen LogP contribution in [0.5, 0.6) is 11.5 Å². The third kappa shape index (κ3) is 2.54. The minimum Gasteiger partial charge on any atom is -0.493 e. The van der Waals surface area contributed by atoms with Crippen LogP contribution in [-0.4, -0.2) is 23.4 Å². The number of para-hydroxylation sites is 1. The van der Waals surface area contributed by atoms with Crippen LogP contribution in [0, 0.1) is 11.3 Å². The van der Waals surface area contributed by atoms with Crippen LogP contribution in [0.15, 0.2) is 39.2 Å². The number of hydrogen-bond acceptors (Lipinski definition) is 7. The minimum absolute atomic E-state index is 0.0723. The Morgan fingerprint density at radius 1 is 1.19 bits per heavy atom. The fraction of sp³-hybridized carbons (Fsp3) is 0.278. The number of anilines is 1. The molecule has 1 aromatic carbocycles. The minimum atomic E-state index is -0.818. The van der Waals surface area contributed by atoms with Gasteiger partial charge in [-0.2, -0.15) is 5.26 Å². The van der Waals surface area contributed by atoms with Gasteiger partial charge in [-0.15, -0.1) is 0 Å². The Hall–Kier alpha value is -3.67. The number of nitrogens with two attached hydrogens (primary N) is 1. The van der Waals surface area contributed by atoms with E-state index in [9.17, 15) is 14.9 Å².